The fourth-order valence-corrected chi connectivity index (χ4v) is 3.47. The molecule has 0 unspecified atom stereocenters. The molecule has 1 fully saturated rings. The van der Waals surface area contributed by atoms with Crippen molar-refractivity contribution in [1.29, 1.82) is 0 Å². The molecule has 1 aliphatic heterocycles. The van der Waals surface area contributed by atoms with E-state index < -0.39 is 22.8 Å². The van der Waals surface area contributed by atoms with Crippen molar-refractivity contribution in [3.05, 3.63) is 87.2 Å². The molecule has 9 heteroatoms. The van der Waals surface area contributed by atoms with E-state index in [0.29, 0.717) is 17.0 Å². The van der Waals surface area contributed by atoms with Crippen LogP contribution < -0.4 is 10.2 Å². The number of barbiturate groups is 1. The van der Waals surface area contributed by atoms with E-state index in [2.05, 4.69) is 5.32 Å². The number of hydrogen-bond acceptors (Lipinski definition) is 6. The summed E-state index contributed by atoms with van der Waals surface area (Å²) >= 11 is 0. The lowest BCUT2D eigenvalue weighted by atomic mass is 10.1. The maximum Gasteiger partial charge on any atom is 0.335 e. The Kier molecular flexibility index (Phi) is 5.15. The largest absolute Gasteiger partial charge is 0.457 e. The highest BCUT2D eigenvalue weighted by molar-refractivity contribution is 6.39. The zero-order valence-electron chi connectivity index (χ0n) is 17.1. The number of anilines is 1. The van der Waals surface area contributed by atoms with Crippen molar-refractivity contribution in [2.24, 2.45) is 0 Å². The van der Waals surface area contributed by atoms with E-state index in [4.69, 9.17) is 4.42 Å². The number of benzene rings is 2. The van der Waals surface area contributed by atoms with Crippen LogP contribution in [0, 0.1) is 24.0 Å². The van der Waals surface area contributed by atoms with E-state index in [-0.39, 0.29) is 17.0 Å². The number of imide groups is 2. The first-order chi connectivity index (χ1) is 15.2. The first kappa shape index (κ1) is 20.7. The van der Waals surface area contributed by atoms with E-state index >= 15 is 0 Å². The average Bonchev–Trinajstić information content (AvgIpc) is 3.19. The summed E-state index contributed by atoms with van der Waals surface area (Å²) < 4.78 is 5.68. The summed E-state index contributed by atoms with van der Waals surface area (Å²) in [4.78, 5) is 49.1. The monoisotopic (exact) mass is 431 g/mol. The number of rotatable bonds is 4. The van der Waals surface area contributed by atoms with E-state index in [1.807, 2.05) is 19.9 Å². The quantitative estimate of drug-likeness (QED) is 0.287. The normalized spacial score (nSPS) is 15.2. The molecule has 1 saturated heterocycles. The van der Waals surface area contributed by atoms with Crippen molar-refractivity contribution in [3.63, 3.8) is 0 Å². The molecule has 1 aromatic heterocycles. The van der Waals surface area contributed by atoms with Gasteiger partial charge < -0.3 is 4.42 Å². The molecule has 1 N–H and O–H groups in total. The van der Waals surface area contributed by atoms with Crippen molar-refractivity contribution < 1.29 is 23.7 Å². The van der Waals surface area contributed by atoms with Gasteiger partial charge in [0.15, 0.2) is 0 Å². The van der Waals surface area contributed by atoms with Gasteiger partial charge in [0.05, 0.1) is 10.6 Å². The molecule has 9 nitrogen and oxygen atoms in total. The lowest BCUT2D eigenvalue weighted by molar-refractivity contribution is -0.384. The average molecular weight is 431 g/mol. The molecule has 4 rings (SSSR count). The van der Waals surface area contributed by atoms with Crippen molar-refractivity contribution in [2.75, 3.05) is 4.90 Å². The lowest BCUT2D eigenvalue weighted by Crippen LogP contribution is -2.54. The van der Waals surface area contributed by atoms with Crippen LogP contribution in [0.4, 0.5) is 16.2 Å². The van der Waals surface area contributed by atoms with Gasteiger partial charge in [0.1, 0.15) is 17.1 Å². The number of furan rings is 1. The number of nitrogens with zero attached hydrogens (tertiary/aromatic N) is 2. The Morgan fingerprint density at radius 1 is 1.00 bits per heavy atom. The van der Waals surface area contributed by atoms with Gasteiger partial charge in [-0.05, 0) is 55.3 Å². The summed E-state index contributed by atoms with van der Waals surface area (Å²) in [7, 11) is 0. The number of hydrogen-bond donors (Lipinski definition) is 1. The van der Waals surface area contributed by atoms with Crippen LogP contribution in [0.3, 0.4) is 0 Å². The smallest absolute Gasteiger partial charge is 0.335 e. The van der Waals surface area contributed by atoms with E-state index in [1.54, 1.807) is 24.3 Å². The number of non-ortho nitro benzene ring substituents is 1. The summed E-state index contributed by atoms with van der Waals surface area (Å²) in [5.74, 6) is -1.11. The number of urea groups is 1. The molecule has 0 saturated carbocycles. The van der Waals surface area contributed by atoms with Crippen molar-refractivity contribution in [1.82, 2.24) is 5.32 Å². The minimum Gasteiger partial charge on any atom is -0.457 e. The molecule has 0 spiro atoms. The first-order valence-electron chi connectivity index (χ1n) is 9.57. The first-order valence-corrected chi connectivity index (χ1v) is 9.57. The molecule has 2 heterocycles. The number of aryl methyl sites for hydroxylation is 2. The minimum atomic E-state index is -0.839. The van der Waals surface area contributed by atoms with E-state index in [0.717, 1.165) is 16.0 Å². The fraction of sp³-hybridized carbons (Fsp3) is 0.0870. The molecule has 3 aromatic rings. The number of nitro benzene ring substituents is 1. The third-order valence-corrected chi connectivity index (χ3v) is 4.82. The molecular weight excluding hydrogens is 414 g/mol. The number of nitrogens with one attached hydrogen (secondary N) is 1. The molecule has 0 bridgehead atoms. The SMILES string of the molecule is Cc1cc(C)cc(N2C(=O)NC(=O)/C(=C\c3ccc(-c4cccc([N+](=O)[O-])c4)o3)C2=O)c1. The van der Waals surface area contributed by atoms with Crippen LogP contribution in [0.5, 0.6) is 0 Å². The Labute approximate surface area is 182 Å². The second kappa shape index (κ2) is 7.95. The molecule has 160 valence electrons. The predicted octanol–water partition coefficient (Wildman–Crippen LogP) is 4.14. The van der Waals surface area contributed by atoms with Crippen LogP contribution >= 0.6 is 0 Å². The number of nitro groups is 1. The number of carbonyl (C=O) groups is 3. The summed E-state index contributed by atoms with van der Waals surface area (Å²) in [5.41, 5.74) is 2.16. The molecule has 0 radical (unpaired) electrons. The van der Waals surface area contributed by atoms with Gasteiger partial charge in [0.2, 0.25) is 0 Å². The third kappa shape index (κ3) is 3.91. The predicted molar refractivity (Wildman–Crippen MR) is 116 cm³/mol. The highest BCUT2D eigenvalue weighted by atomic mass is 16.6. The van der Waals surface area contributed by atoms with Gasteiger partial charge in [-0.1, -0.05) is 18.2 Å². The Balaban J connectivity index is 1.68. The lowest BCUT2D eigenvalue weighted by Gasteiger charge is -2.26. The summed E-state index contributed by atoms with van der Waals surface area (Å²) in [6.45, 7) is 3.67. The van der Waals surface area contributed by atoms with E-state index in [9.17, 15) is 24.5 Å². The maximum absolute atomic E-state index is 13.0. The van der Waals surface area contributed by atoms with Crippen LogP contribution in [-0.4, -0.2) is 22.8 Å². The molecule has 0 aliphatic carbocycles. The van der Waals surface area contributed by atoms with Gasteiger partial charge in [0.25, 0.3) is 17.5 Å². The van der Waals surface area contributed by atoms with Crippen molar-refractivity contribution in [3.8, 4) is 11.3 Å². The highest BCUT2D eigenvalue weighted by Gasteiger charge is 2.37. The second-order valence-electron chi connectivity index (χ2n) is 7.31. The van der Waals surface area contributed by atoms with Gasteiger partial charge in [-0.3, -0.25) is 25.0 Å². The Morgan fingerprint density at radius 2 is 1.72 bits per heavy atom. The fourth-order valence-electron chi connectivity index (χ4n) is 3.47. The Morgan fingerprint density at radius 3 is 2.41 bits per heavy atom. The van der Waals surface area contributed by atoms with Gasteiger partial charge in [-0.25, -0.2) is 9.69 Å². The van der Waals surface area contributed by atoms with Crippen molar-refractivity contribution >= 4 is 35.3 Å². The van der Waals surface area contributed by atoms with Crippen molar-refractivity contribution in [2.45, 2.75) is 13.8 Å². The third-order valence-electron chi connectivity index (χ3n) is 4.82. The van der Waals surface area contributed by atoms with Crippen LogP contribution in [0.25, 0.3) is 17.4 Å². The molecular formula is C23H17N3O6. The summed E-state index contributed by atoms with van der Waals surface area (Å²) in [6, 6.07) is 13.4. The van der Waals surface area contributed by atoms with E-state index in [1.165, 1.54) is 30.3 Å². The second-order valence-corrected chi connectivity index (χ2v) is 7.31. The van der Waals surface area contributed by atoms with Crippen LogP contribution in [-0.2, 0) is 9.59 Å². The number of amides is 4. The zero-order chi connectivity index (χ0) is 23.0. The number of carbonyl (C=O) groups excluding carboxylic acids is 3. The standard InChI is InChI=1S/C23H17N3O6/c1-13-8-14(2)10-17(9-13)25-22(28)19(21(27)24-23(25)29)12-18-6-7-20(32-18)15-4-3-5-16(11-15)26(30)31/h3-12H,1-2H3,(H,24,27,29)/b19-12+. The highest BCUT2D eigenvalue weighted by Crippen LogP contribution is 2.28. The van der Waals surface area contributed by atoms with Crippen LogP contribution in [0.2, 0.25) is 0 Å². The Hall–Kier alpha value is -4.53. The minimum absolute atomic E-state index is 0.0942. The van der Waals surface area contributed by atoms with Gasteiger partial charge in [-0.15, -0.1) is 0 Å². The van der Waals surface area contributed by atoms with Crippen LogP contribution in [0.15, 0.2) is 64.6 Å². The summed E-state index contributed by atoms with van der Waals surface area (Å²) in [6.07, 6.45) is 1.24. The molecule has 32 heavy (non-hydrogen) atoms. The topological polar surface area (TPSA) is 123 Å². The molecule has 0 atom stereocenters. The maximum atomic E-state index is 13.0. The van der Waals surface area contributed by atoms with Gasteiger partial charge >= 0.3 is 6.03 Å². The summed E-state index contributed by atoms with van der Waals surface area (Å²) in [5, 5.41) is 13.2. The van der Waals surface area contributed by atoms with Gasteiger partial charge in [-0.2, -0.15) is 0 Å². The van der Waals surface area contributed by atoms with Gasteiger partial charge in [0, 0.05) is 17.7 Å². The zero-order valence-corrected chi connectivity index (χ0v) is 17.1. The van der Waals surface area contributed by atoms with Crippen LogP contribution in [0.1, 0.15) is 16.9 Å². The molecule has 1 aliphatic rings. The molecule has 2 aromatic carbocycles. The molecule has 4 amide bonds. The Bertz CT molecular complexity index is 1300.